The monoisotopic (exact) mass is 551 g/mol. The molecule has 3 amide bonds. The average molecular weight is 552 g/mol. The largest absolute Gasteiger partial charge is 0.394 e. The molecule has 0 bridgehead atoms. The number of nitrogens with zero attached hydrogens (tertiary/aromatic N) is 1. The summed E-state index contributed by atoms with van der Waals surface area (Å²) in [4.78, 5) is 45.6. The molecular formula is C30H37N3O7. The van der Waals surface area contributed by atoms with E-state index in [1.165, 1.54) is 21.0 Å². The van der Waals surface area contributed by atoms with Crippen molar-refractivity contribution in [1.29, 1.82) is 0 Å². The van der Waals surface area contributed by atoms with Gasteiger partial charge in [-0.05, 0) is 68.7 Å². The highest BCUT2D eigenvalue weighted by Crippen LogP contribution is 2.20. The zero-order chi connectivity index (χ0) is 29.1. The summed E-state index contributed by atoms with van der Waals surface area (Å²) < 4.78 is 11.0. The van der Waals surface area contributed by atoms with Crippen LogP contribution in [0.25, 0.3) is 0 Å². The molecule has 3 atom stereocenters. The molecule has 3 N–H and O–H groups in total. The molecule has 1 saturated heterocycles. The summed E-state index contributed by atoms with van der Waals surface area (Å²) >= 11 is 0. The summed E-state index contributed by atoms with van der Waals surface area (Å²) in [5.41, 5.74) is 3.18. The van der Waals surface area contributed by atoms with Crippen molar-refractivity contribution in [2.24, 2.45) is 0 Å². The van der Waals surface area contributed by atoms with E-state index in [4.69, 9.17) is 19.4 Å². The Bertz CT molecular complexity index is 1210. The minimum Gasteiger partial charge on any atom is -0.394 e. The second-order valence-electron chi connectivity index (χ2n) is 9.69. The lowest BCUT2D eigenvalue weighted by Crippen LogP contribution is -2.65. The van der Waals surface area contributed by atoms with Crippen LogP contribution in [0.4, 0.5) is 0 Å². The first-order chi connectivity index (χ1) is 19.2. The predicted octanol–water partition coefficient (Wildman–Crippen LogP) is 2.13. The third kappa shape index (κ3) is 7.90. The van der Waals surface area contributed by atoms with Crippen LogP contribution < -0.4 is 10.8 Å². The van der Waals surface area contributed by atoms with Gasteiger partial charge in [0.25, 0.3) is 17.7 Å². The third-order valence-electron chi connectivity index (χ3n) is 6.74. The van der Waals surface area contributed by atoms with Gasteiger partial charge in [-0.1, -0.05) is 24.0 Å². The van der Waals surface area contributed by atoms with Crippen LogP contribution in [0.2, 0.25) is 0 Å². The number of amides is 3. The minimum absolute atomic E-state index is 0.0296. The molecule has 1 aliphatic heterocycles. The van der Waals surface area contributed by atoms with Gasteiger partial charge in [-0.25, -0.2) is 10.3 Å². The van der Waals surface area contributed by atoms with Crippen LogP contribution in [0.15, 0.2) is 48.5 Å². The molecule has 0 radical (unpaired) electrons. The van der Waals surface area contributed by atoms with E-state index < -0.39 is 29.6 Å². The van der Waals surface area contributed by atoms with E-state index in [9.17, 15) is 14.4 Å². The van der Waals surface area contributed by atoms with Gasteiger partial charge in [0.15, 0.2) is 11.8 Å². The fourth-order valence-corrected chi connectivity index (χ4v) is 3.89. The molecule has 1 heterocycles. The Balaban J connectivity index is 1.66. The Morgan fingerprint density at radius 1 is 1.07 bits per heavy atom. The van der Waals surface area contributed by atoms with E-state index in [1.54, 1.807) is 31.2 Å². The van der Waals surface area contributed by atoms with E-state index in [1.807, 2.05) is 24.3 Å². The summed E-state index contributed by atoms with van der Waals surface area (Å²) in [6.07, 6.45) is 1.61. The summed E-state index contributed by atoms with van der Waals surface area (Å²) in [5, 5.41) is 11.5. The van der Waals surface area contributed by atoms with Crippen LogP contribution in [0.1, 0.15) is 60.2 Å². The van der Waals surface area contributed by atoms with Crippen molar-refractivity contribution in [3.8, 4) is 11.8 Å². The minimum atomic E-state index is -1.88. The Hall–Kier alpha value is -3.75. The lowest BCUT2D eigenvalue weighted by atomic mass is 9.96. The number of nitrogens with one attached hydrogen (secondary N) is 2. The average Bonchev–Trinajstić information content (AvgIpc) is 3.01. The molecule has 40 heavy (non-hydrogen) atoms. The lowest BCUT2D eigenvalue weighted by molar-refractivity contribution is -0.204. The first kappa shape index (κ1) is 30.8. The maximum Gasteiger partial charge on any atom is 0.279 e. The normalized spacial score (nSPS) is 17.0. The molecule has 1 fully saturated rings. The molecule has 0 aromatic heterocycles. The molecule has 1 aliphatic rings. The number of aliphatic hydroxyl groups excluding tert-OH is 1. The molecule has 10 heteroatoms. The SMILES string of the molecule is CNC(=O)[C@@](C)(C(=O)NOC1CCCCO1)N(C)C(=O)c1ccc(C#Cc2ccc(CO[C@H](C)CO)cc2)cc1. The fourth-order valence-electron chi connectivity index (χ4n) is 3.89. The number of carbonyl (C=O) groups excluding carboxylic acids is 3. The van der Waals surface area contributed by atoms with Crippen LogP contribution in [0.5, 0.6) is 0 Å². The quantitative estimate of drug-likeness (QED) is 0.235. The summed E-state index contributed by atoms with van der Waals surface area (Å²) in [7, 11) is 2.78. The molecule has 0 saturated carbocycles. The first-order valence-corrected chi connectivity index (χ1v) is 13.2. The molecule has 214 valence electrons. The molecule has 2 aromatic rings. The van der Waals surface area contributed by atoms with Crippen molar-refractivity contribution in [1.82, 2.24) is 15.7 Å². The van der Waals surface area contributed by atoms with Crippen molar-refractivity contribution in [3.05, 3.63) is 70.8 Å². The molecule has 2 aromatic carbocycles. The summed E-state index contributed by atoms with van der Waals surface area (Å²) in [6, 6.07) is 14.2. The van der Waals surface area contributed by atoms with Crippen molar-refractivity contribution >= 4 is 17.7 Å². The van der Waals surface area contributed by atoms with Gasteiger partial charge in [-0.15, -0.1) is 0 Å². The number of aliphatic hydroxyl groups is 1. The molecule has 0 spiro atoms. The number of likely N-dealkylation sites (N-methyl/N-ethyl adjacent to an activating group) is 2. The smallest absolute Gasteiger partial charge is 0.279 e. The van der Waals surface area contributed by atoms with E-state index in [0.29, 0.717) is 25.2 Å². The number of rotatable bonds is 10. The predicted molar refractivity (Wildman–Crippen MR) is 148 cm³/mol. The van der Waals surface area contributed by atoms with E-state index in [0.717, 1.165) is 28.9 Å². The Morgan fingerprint density at radius 2 is 1.70 bits per heavy atom. The van der Waals surface area contributed by atoms with E-state index >= 15 is 0 Å². The third-order valence-corrected chi connectivity index (χ3v) is 6.74. The number of hydrogen-bond donors (Lipinski definition) is 3. The second kappa shape index (κ2) is 14.6. The van der Waals surface area contributed by atoms with Crippen molar-refractivity contribution < 1.29 is 33.8 Å². The molecular weight excluding hydrogens is 514 g/mol. The number of hydrogen-bond acceptors (Lipinski definition) is 7. The van der Waals surface area contributed by atoms with Crippen LogP contribution >= 0.6 is 0 Å². The summed E-state index contributed by atoms with van der Waals surface area (Å²) in [6.45, 7) is 4.06. The van der Waals surface area contributed by atoms with Crippen LogP contribution in [-0.4, -0.2) is 73.0 Å². The van der Waals surface area contributed by atoms with Gasteiger partial charge >= 0.3 is 0 Å². The molecule has 10 nitrogen and oxygen atoms in total. The van der Waals surface area contributed by atoms with Crippen LogP contribution in [-0.2, 0) is 30.5 Å². The Morgan fingerprint density at radius 3 is 2.25 bits per heavy atom. The van der Waals surface area contributed by atoms with E-state index in [-0.39, 0.29) is 18.3 Å². The topological polar surface area (TPSA) is 126 Å². The molecule has 3 rings (SSSR count). The highest BCUT2D eigenvalue weighted by atomic mass is 16.8. The second-order valence-corrected chi connectivity index (χ2v) is 9.69. The van der Waals surface area contributed by atoms with Gasteiger partial charge in [-0.2, -0.15) is 0 Å². The summed E-state index contributed by atoms with van der Waals surface area (Å²) in [5.74, 6) is 4.16. The zero-order valence-electron chi connectivity index (χ0n) is 23.4. The number of carbonyl (C=O) groups is 3. The number of ether oxygens (including phenoxy) is 2. The molecule has 0 aliphatic carbocycles. The maximum atomic E-state index is 13.3. The zero-order valence-corrected chi connectivity index (χ0v) is 23.4. The van der Waals surface area contributed by atoms with Gasteiger partial charge in [0, 0.05) is 43.8 Å². The van der Waals surface area contributed by atoms with Crippen LogP contribution in [0, 0.1) is 11.8 Å². The highest BCUT2D eigenvalue weighted by Gasteiger charge is 2.47. The van der Waals surface area contributed by atoms with Gasteiger partial charge in [0.1, 0.15) is 0 Å². The van der Waals surface area contributed by atoms with Gasteiger partial charge in [0.2, 0.25) is 0 Å². The van der Waals surface area contributed by atoms with E-state index in [2.05, 4.69) is 22.6 Å². The van der Waals surface area contributed by atoms with Gasteiger partial charge < -0.3 is 24.8 Å². The van der Waals surface area contributed by atoms with Crippen molar-refractivity contribution in [2.75, 3.05) is 27.3 Å². The fraction of sp³-hybridized carbons (Fsp3) is 0.433. The van der Waals surface area contributed by atoms with Crippen LogP contribution in [0.3, 0.4) is 0 Å². The first-order valence-electron chi connectivity index (χ1n) is 13.2. The molecule has 1 unspecified atom stereocenters. The van der Waals surface area contributed by atoms with Gasteiger partial charge in [0.05, 0.1) is 19.3 Å². The maximum absolute atomic E-state index is 13.3. The number of hydroxylamine groups is 1. The Labute approximate surface area is 234 Å². The Kier molecular flexibility index (Phi) is 11.2. The van der Waals surface area contributed by atoms with Crippen molar-refractivity contribution in [2.45, 2.75) is 57.6 Å². The highest BCUT2D eigenvalue weighted by molar-refractivity contribution is 6.12. The van der Waals surface area contributed by atoms with Crippen molar-refractivity contribution in [3.63, 3.8) is 0 Å². The number of benzene rings is 2. The van der Waals surface area contributed by atoms with Gasteiger partial charge in [-0.3, -0.25) is 14.4 Å². The standard InChI is InChI=1S/C30H37N3O7/c1-21(19-34)39-20-24-12-10-22(11-13-24)8-9-23-14-16-25(17-15-23)27(35)33(4)30(2,28(36)31-3)29(37)32-40-26-7-5-6-18-38-26/h10-17,21,26,34H,5-7,18-20H2,1-4H3,(H,31,36)(H,32,37)/t21-,26?,30+/m1/s1. The lowest BCUT2D eigenvalue weighted by Gasteiger charge is -2.36.